The zero-order valence-corrected chi connectivity index (χ0v) is 17.8. The van der Waals surface area contributed by atoms with Gasteiger partial charge in [0.2, 0.25) is 5.95 Å². The second kappa shape index (κ2) is 9.52. The van der Waals surface area contributed by atoms with Crippen LogP contribution in [0.25, 0.3) is 10.9 Å². The Morgan fingerprint density at radius 1 is 0.966 bits per heavy atom. The molecule has 154 valence electrons. The number of pyridine rings is 1. The van der Waals surface area contributed by atoms with Gasteiger partial charge in [-0.25, -0.2) is 4.98 Å². The summed E-state index contributed by atoms with van der Waals surface area (Å²) in [6.45, 7) is 12.4. The molecule has 0 fully saturated rings. The molecule has 0 unspecified atom stereocenters. The molecule has 4 N–H and O–H groups in total. The molecule has 0 aliphatic heterocycles. The number of aromatic nitrogens is 3. The predicted molar refractivity (Wildman–Crippen MR) is 122 cm³/mol. The molecular formula is C22H31N7. The van der Waals surface area contributed by atoms with Crippen LogP contribution in [-0.2, 0) is 0 Å². The first kappa shape index (κ1) is 20.8. The minimum absolute atomic E-state index is 0.643. The Labute approximate surface area is 172 Å². The third-order valence-electron chi connectivity index (χ3n) is 4.92. The molecule has 29 heavy (non-hydrogen) atoms. The number of nitrogens with zero attached hydrogens (tertiary/aromatic N) is 4. The molecule has 7 nitrogen and oxygen atoms in total. The molecule has 3 aromatic rings. The van der Waals surface area contributed by atoms with E-state index in [1.807, 2.05) is 44.2 Å². The van der Waals surface area contributed by atoms with Gasteiger partial charge in [-0.15, -0.1) is 0 Å². The van der Waals surface area contributed by atoms with Gasteiger partial charge in [-0.05, 0) is 64.2 Å². The third-order valence-corrected chi connectivity index (χ3v) is 4.92. The first-order chi connectivity index (χ1) is 14.0. The van der Waals surface area contributed by atoms with Gasteiger partial charge in [0.25, 0.3) is 0 Å². The van der Waals surface area contributed by atoms with Gasteiger partial charge in [0.1, 0.15) is 5.82 Å². The lowest BCUT2D eigenvalue weighted by molar-refractivity contribution is 0.303. The molecule has 2 heterocycles. The number of rotatable bonds is 9. The van der Waals surface area contributed by atoms with Gasteiger partial charge in [0.05, 0.1) is 5.52 Å². The van der Waals surface area contributed by atoms with Crippen LogP contribution in [0.4, 0.5) is 23.1 Å². The number of hydrogen-bond acceptors (Lipinski definition) is 7. The van der Waals surface area contributed by atoms with E-state index >= 15 is 0 Å². The van der Waals surface area contributed by atoms with Gasteiger partial charge in [0, 0.05) is 40.8 Å². The van der Waals surface area contributed by atoms with E-state index in [1.54, 1.807) is 0 Å². The highest BCUT2D eigenvalue weighted by Gasteiger charge is 2.06. The van der Waals surface area contributed by atoms with Crippen LogP contribution in [0.3, 0.4) is 0 Å². The summed E-state index contributed by atoms with van der Waals surface area (Å²) in [5.74, 6) is 1.39. The standard InChI is InChI=1S/C22H31N7/c1-5-29(6-2)11-7-10-24-22-26-16(4)13-21(28-22)27-17-8-9-20-18(14-17)19(23)12-15(3)25-20/h8-9,12-14H,5-7,10-11H2,1-4H3,(H2,23,25)(H2,24,26,27,28). The fraction of sp³-hybridized carbons (Fsp3) is 0.409. The van der Waals surface area contributed by atoms with Crippen molar-refractivity contribution in [3.8, 4) is 0 Å². The molecule has 0 aliphatic carbocycles. The number of aryl methyl sites for hydroxylation is 2. The van der Waals surface area contributed by atoms with Gasteiger partial charge >= 0.3 is 0 Å². The largest absolute Gasteiger partial charge is 0.398 e. The summed E-state index contributed by atoms with van der Waals surface area (Å²) in [4.78, 5) is 16.1. The maximum atomic E-state index is 6.17. The second-order valence-corrected chi connectivity index (χ2v) is 7.24. The van der Waals surface area contributed by atoms with Crippen LogP contribution >= 0.6 is 0 Å². The van der Waals surface area contributed by atoms with Gasteiger partial charge in [-0.3, -0.25) is 4.98 Å². The monoisotopic (exact) mass is 393 g/mol. The number of benzene rings is 1. The van der Waals surface area contributed by atoms with Crippen LogP contribution in [0.1, 0.15) is 31.7 Å². The minimum atomic E-state index is 0.643. The van der Waals surface area contributed by atoms with Crippen molar-refractivity contribution in [2.75, 3.05) is 42.5 Å². The fourth-order valence-corrected chi connectivity index (χ4v) is 3.37. The molecule has 7 heteroatoms. The number of nitrogens with one attached hydrogen (secondary N) is 2. The Balaban J connectivity index is 1.69. The molecule has 0 saturated heterocycles. The molecule has 0 atom stereocenters. The number of hydrogen-bond donors (Lipinski definition) is 3. The maximum Gasteiger partial charge on any atom is 0.224 e. The van der Waals surface area contributed by atoms with E-state index < -0.39 is 0 Å². The van der Waals surface area contributed by atoms with Crippen LogP contribution in [0, 0.1) is 13.8 Å². The Morgan fingerprint density at radius 3 is 2.48 bits per heavy atom. The van der Waals surface area contributed by atoms with E-state index in [0.717, 1.165) is 72.1 Å². The Kier molecular flexibility index (Phi) is 6.82. The Morgan fingerprint density at radius 2 is 1.72 bits per heavy atom. The highest BCUT2D eigenvalue weighted by molar-refractivity contribution is 5.93. The van der Waals surface area contributed by atoms with Gasteiger partial charge in [-0.1, -0.05) is 13.8 Å². The van der Waals surface area contributed by atoms with E-state index in [2.05, 4.69) is 44.3 Å². The normalized spacial score (nSPS) is 11.2. The molecule has 0 bridgehead atoms. The summed E-state index contributed by atoms with van der Waals surface area (Å²) in [7, 11) is 0. The van der Waals surface area contributed by atoms with E-state index in [-0.39, 0.29) is 0 Å². The SMILES string of the molecule is CCN(CC)CCCNc1nc(C)cc(Nc2ccc3nc(C)cc(N)c3c2)n1. The van der Waals surface area contributed by atoms with Gasteiger partial charge < -0.3 is 21.3 Å². The van der Waals surface area contributed by atoms with Crippen molar-refractivity contribution in [1.82, 2.24) is 19.9 Å². The third kappa shape index (κ3) is 5.54. The number of nitrogens with two attached hydrogens (primary N) is 1. The number of nitrogen functional groups attached to an aromatic ring is 1. The number of anilines is 4. The highest BCUT2D eigenvalue weighted by Crippen LogP contribution is 2.26. The molecule has 0 aliphatic rings. The molecule has 2 aromatic heterocycles. The van der Waals surface area contributed by atoms with E-state index in [9.17, 15) is 0 Å². The zero-order chi connectivity index (χ0) is 20.8. The zero-order valence-electron chi connectivity index (χ0n) is 17.8. The van der Waals surface area contributed by atoms with Gasteiger partial charge in [-0.2, -0.15) is 4.98 Å². The summed E-state index contributed by atoms with van der Waals surface area (Å²) < 4.78 is 0. The average Bonchev–Trinajstić information content (AvgIpc) is 2.68. The van der Waals surface area contributed by atoms with Crippen molar-refractivity contribution >= 4 is 34.0 Å². The molecule has 0 amide bonds. The first-order valence-electron chi connectivity index (χ1n) is 10.2. The van der Waals surface area contributed by atoms with Crippen molar-refractivity contribution in [3.05, 3.63) is 41.7 Å². The summed E-state index contributed by atoms with van der Waals surface area (Å²) >= 11 is 0. The summed E-state index contributed by atoms with van der Waals surface area (Å²) in [5, 5.41) is 7.64. The second-order valence-electron chi connectivity index (χ2n) is 7.24. The topological polar surface area (TPSA) is 92.0 Å². The molecule has 1 aromatic carbocycles. The smallest absolute Gasteiger partial charge is 0.224 e. The van der Waals surface area contributed by atoms with Crippen LogP contribution in [0.15, 0.2) is 30.3 Å². The highest BCUT2D eigenvalue weighted by atomic mass is 15.1. The first-order valence-corrected chi connectivity index (χ1v) is 10.2. The van der Waals surface area contributed by atoms with E-state index in [4.69, 9.17) is 5.73 Å². The Bertz CT molecular complexity index is 967. The molecule has 3 rings (SSSR count). The van der Waals surface area contributed by atoms with Crippen LogP contribution < -0.4 is 16.4 Å². The van der Waals surface area contributed by atoms with Crippen molar-refractivity contribution < 1.29 is 0 Å². The molecule has 0 saturated carbocycles. The summed E-state index contributed by atoms with van der Waals surface area (Å²) in [6, 6.07) is 9.79. The van der Waals surface area contributed by atoms with Crippen LogP contribution in [-0.4, -0.2) is 46.0 Å². The van der Waals surface area contributed by atoms with Crippen LogP contribution in [0.5, 0.6) is 0 Å². The lowest BCUT2D eigenvalue weighted by Crippen LogP contribution is -2.25. The summed E-state index contributed by atoms with van der Waals surface area (Å²) in [6.07, 6.45) is 1.05. The van der Waals surface area contributed by atoms with Crippen molar-refractivity contribution in [1.29, 1.82) is 0 Å². The lowest BCUT2D eigenvalue weighted by Gasteiger charge is -2.17. The predicted octanol–water partition coefficient (Wildman–Crippen LogP) is 4.11. The summed E-state index contributed by atoms with van der Waals surface area (Å²) in [5.41, 5.74) is 10.5. The average molecular weight is 394 g/mol. The maximum absolute atomic E-state index is 6.17. The van der Waals surface area contributed by atoms with E-state index in [1.165, 1.54) is 0 Å². The fourth-order valence-electron chi connectivity index (χ4n) is 3.37. The molecule has 0 radical (unpaired) electrons. The lowest BCUT2D eigenvalue weighted by atomic mass is 10.1. The molecular weight excluding hydrogens is 362 g/mol. The Hall–Kier alpha value is -2.93. The van der Waals surface area contributed by atoms with Gasteiger partial charge in [0.15, 0.2) is 0 Å². The van der Waals surface area contributed by atoms with Crippen molar-refractivity contribution in [3.63, 3.8) is 0 Å². The van der Waals surface area contributed by atoms with Crippen LogP contribution in [0.2, 0.25) is 0 Å². The van der Waals surface area contributed by atoms with Crippen molar-refractivity contribution in [2.24, 2.45) is 0 Å². The number of fused-ring (bicyclic) bond motifs is 1. The molecule has 0 spiro atoms. The quantitative estimate of drug-likeness (QED) is 0.471. The minimum Gasteiger partial charge on any atom is -0.398 e. The van der Waals surface area contributed by atoms with Crippen molar-refractivity contribution in [2.45, 2.75) is 34.1 Å². The van der Waals surface area contributed by atoms with E-state index in [0.29, 0.717) is 5.95 Å².